The summed E-state index contributed by atoms with van der Waals surface area (Å²) in [6.07, 6.45) is 2.56. The molecule has 0 saturated heterocycles. The van der Waals surface area contributed by atoms with Crippen molar-refractivity contribution in [3.63, 3.8) is 0 Å². The lowest BCUT2D eigenvalue weighted by molar-refractivity contribution is 0.224. The molecule has 1 aliphatic rings. The second kappa shape index (κ2) is 3.98. The maximum atomic E-state index is 13.4. The van der Waals surface area contributed by atoms with Crippen molar-refractivity contribution >= 4 is 0 Å². The molecule has 80 valence electrons. The summed E-state index contributed by atoms with van der Waals surface area (Å²) in [5.41, 5.74) is 5.90. The van der Waals surface area contributed by atoms with Crippen molar-refractivity contribution in [2.75, 3.05) is 6.61 Å². The highest BCUT2D eigenvalue weighted by Gasteiger charge is 2.21. The second-order valence-corrected chi connectivity index (χ2v) is 3.36. The van der Waals surface area contributed by atoms with Crippen molar-refractivity contribution in [1.29, 1.82) is 0 Å². The van der Waals surface area contributed by atoms with Gasteiger partial charge in [-0.25, -0.2) is 8.78 Å². The standard InChI is InChI=1S/C11H11F2NO/c12-8-4-1-3-7(10(8)13)11(14)9-5-2-6-15-9/h1,3-5,11H,2,6,14H2. The Morgan fingerprint density at radius 3 is 2.80 bits per heavy atom. The Morgan fingerprint density at radius 2 is 2.13 bits per heavy atom. The Labute approximate surface area is 86.3 Å². The molecule has 0 radical (unpaired) electrons. The summed E-state index contributed by atoms with van der Waals surface area (Å²) in [5, 5.41) is 0. The van der Waals surface area contributed by atoms with Gasteiger partial charge in [-0.05, 0) is 12.1 Å². The van der Waals surface area contributed by atoms with Crippen molar-refractivity contribution in [2.45, 2.75) is 12.5 Å². The molecule has 0 aliphatic carbocycles. The van der Waals surface area contributed by atoms with Crippen LogP contribution in [0.3, 0.4) is 0 Å². The van der Waals surface area contributed by atoms with Gasteiger partial charge < -0.3 is 10.5 Å². The molecular formula is C11H11F2NO. The molecule has 0 amide bonds. The minimum atomic E-state index is -0.901. The zero-order valence-corrected chi connectivity index (χ0v) is 8.04. The van der Waals surface area contributed by atoms with E-state index in [1.54, 1.807) is 6.08 Å². The molecule has 2 rings (SSSR count). The van der Waals surface area contributed by atoms with E-state index in [1.807, 2.05) is 0 Å². The van der Waals surface area contributed by atoms with Gasteiger partial charge in [-0.3, -0.25) is 0 Å². The molecule has 1 aliphatic heterocycles. The number of nitrogens with two attached hydrogens (primary N) is 1. The number of halogens is 2. The van der Waals surface area contributed by atoms with Gasteiger partial charge in [0.25, 0.3) is 0 Å². The molecule has 0 aromatic heterocycles. The summed E-state index contributed by atoms with van der Waals surface area (Å²) < 4.78 is 31.5. The maximum absolute atomic E-state index is 13.4. The van der Waals surface area contributed by atoms with Crippen molar-refractivity contribution in [2.24, 2.45) is 5.73 Å². The molecule has 0 spiro atoms. The van der Waals surface area contributed by atoms with E-state index < -0.39 is 17.7 Å². The summed E-state index contributed by atoms with van der Waals surface area (Å²) in [5.74, 6) is -1.28. The molecule has 0 bridgehead atoms. The van der Waals surface area contributed by atoms with Crippen LogP contribution in [0.4, 0.5) is 8.78 Å². The first kappa shape index (κ1) is 10.1. The van der Waals surface area contributed by atoms with E-state index in [0.29, 0.717) is 12.4 Å². The smallest absolute Gasteiger partial charge is 0.164 e. The van der Waals surface area contributed by atoms with Gasteiger partial charge in [0.05, 0.1) is 12.6 Å². The van der Waals surface area contributed by atoms with E-state index in [4.69, 9.17) is 10.5 Å². The van der Waals surface area contributed by atoms with Crippen LogP contribution < -0.4 is 5.73 Å². The number of hydrogen-bond acceptors (Lipinski definition) is 2. The van der Waals surface area contributed by atoms with Crippen molar-refractivity contribution in [3.05, 3.63) is 47.2 Å². The van der Waals surface area contributed by atoms with Gasteiger partial charge in [-0.15, -0.1) is 0 Å². The molecule has 0 saturated carbocycles. The van der Waals surface area contributed by atoms with Crippen LogP contribution in [0.1, 0.15) is 18.0 Å². The minimum Gasteiger partial charge on any atom is -0.496 e. The van der Waals surface area contributed by atoms with Crippen molar-refractivity contribution in [1.82, 2.24) is 0 Å². The van der Waals surface area contributed by atoms with Crippen LogP contribution >= 0.6 is 0 Å². The molecule has 2 nitrogen and oxygen atoms in total. The molecule has 1 aromatic carbocycles. The van der Waals surface area contributed by atoms with Crippen molar-refractivity contribution in [3.8, 4) is 0 Å². The number of rotatable bonds is 2. The molecular weight excluding hydrogens is 200 g/mol. The molecule has 1 atom stereocenters. The quantitative estimate of drug-likeness (QED) is 0.814. The van der Waals surface area contributed by atoms with Gasteiger partial charge in [0.2, 0.25) is 0 Å². The topological polar surface area (TPSA) is 35.2 Å². The molecule has 1 unspecified atom stereocenters. The molecule has 1 aromatic rings. The second-order valence-electron chi connectivity index (χ2n) is 3.36. The third-order valence-electron chi connectivity index (χ3n) is 2.36. The van der Waals surface area contributed by atoms with E-state index in [0.717, 1.165) is 12.5 Å². The van der Waals surface area contributed by atoms with Crippen LogP contribution in [0.15, 0.2) is 30.0 Å². The van der Waals surface area contributed by atoms with Crippen LogP contribution in [-0.2, 0) is 4.74 Å². The largest absolute Gasteiger partial charge is 0.496 e. The Balaban J connectivity index is 2.32. The third kappa shape index (κ3) is 1.85. The Kier molecular flexibility index (Phi) is 2.68. The number of ether oxygens (including phenoxy) is 1. The lowest BCUT2D eigenvalue weighted by atomic mass is 10.0. The van der Waals surface area contributed by atoms with Gasteiger partial charge >= 0.3 is 0 Å². The van der Waals surface area contributed by atoms with Crippen LogP contribution in [-0.4, -0.2) is 6.61 Å². The first-order valence-electron chi connectivity index (χ1n) is 4.72. The Morgan fingerprint density at radius 1 is 1.33 bits per heavy atom. The van der Waals surface area contributed by atoms with Crippen LogP contribution in [0.5, 0.6) is 0 Å². The van der Waals surface area contributed by atoms with Crippen LogP contribution in [0.25, 0.3) is 0 Å². The number of hydrogen-bond donors (Lipinski definition) is 1. The predicted octanol–water partition coefficient (Wildman–Crippen LogP) is 2.27. The van der Waals surface area contributed by atoms with E-state index in [1.165, 1.54) is 12.1 Å². The molecule has 15 heavy (non-hydrogen) atoms. The summed E-state index contributed by atoms with van der Waals surface area (Å²) >= 11 is 0. The minimum absolute atomic E-state index is 0.128. The fourth-order valence-corrected chi connectivity index (χ4v) is 1.57. The fraction of sp³-hybridized carbons (Fsp3) is 0.273. The summed E-state index contributed by atoms with van der Waals surface area (Å²) in [7, 11) is 0. The molecule has 4 heteroatoms. The maximum Gasteiger partial charge on any atom is 0.164 e. The van der Waals surface area contributed by atoms with E-state index in [2.05, 4.69) is 0 Å². The van der Waals surface area contributed by atoms with Gasteiger partial charge in [0.15, 0.2) is 11.6 Å². The highest BCUT2D eigenvalue weighted by Crippen LogP contribution is 2.26. The zero-order valence-electron chi connectivity index (χ0n) is 8.04. The lowest BCUT2D eigenvalue weighted by Crippen LogP contribution is -2.15. The summed E-state index contributed by atoms with van der Waals surface area (Å²) in [6.45, 7) is 0.556. The van der Waals surface area contributed by atoms with E-state index >= 15 is 0 Å². The summed E-state index contributed by atoms with van der Waals surface area (Å²) in [6, 6.07) is 3.24. The predicted molar refractivity (Wildman–Crippen MR) is 51.9 cm³/mol. The average molecular weight is 211 g/mol. The molecule has 2 N–H and O–H groups in total. The highest BCUT2D eigenvalue weighted by molar-refractivity contribution is 5.28. The van der Waals surface area contributed by atoms with Crippen LogP contribution in [0.2, 0.25) is 0 Å². The first-order chi connectivity index (χ1) is 7.20. The lowest BCUT2D eigenvalue weighted by Gasteiger charge is -2.14. The van der Waals surface area contributed by atoms with Gasteiger partial charge in [-0.2, -0.15) is 0 Å². The summed E-state index contributed by atoms with van der Waals surface area (Å²) in [4.78, 5) is 0. The first-order valence-corrected chi connectivity index (χ1v) is 4.72. The monoisotopic (exact) mass is 211 g/mol. The average Bonchev–Trinajstić information content (AvgIpc) is 2.74. The SMILES string of the molecule is NC(C1=CCCO1)c1cccc(F)c1F. The highest BCUT2D eigenvalue weighted by atomic mass is 19.2. The van der Waals surface area contributed by atoms with E-state index in [9.17, 15) is 8.78 Å². The Hall–Kier alpha value is -1.42. The Bertz CT molecular complexity index is 404. The van der Waals surface area contributed by atoms with Gasteiger partial charge in [-0.1, -0.05) is 12.1 Å². The normalized spacial score (nSPS) is 17.1. The van der Waals surface area contributed by atoms with Crippen molar-refractivity contribution < 1.29 is 13.5 Å². The third-order valence-corrected chi connectivity index (χ3v) is 2.36. The zero-order chi connectivity index (χ0) is 10.8. The fourth-order valence-electron chi connectivity index (χ4n) is 1.57. The van der Waals surface area contributed by atoms with E-state index in [-0.39, 0.29) is 5.56 Å². The molecule has 1 heterocycles. The number of benzene rings is 1. The van der Waals surface area contributed by atoms with Gasteiger partial charge in [0.1, 0.15) is 5.76 Å². The van der Waals surface area contributed by atoms with Gasteiger partial charge in [0, 0.05) is 12.0 Å². The van der Waals surface area contributed by atoms with Crippen LogP contribution in [0, 0.1) is 11.6 Å². The molecule has 0 fully saturated rings.